The van der Waals surface area contributed by atoms with Gasteiger partial charge in [-0.3, -0.25) is 4.79 Å². The first-order valence-corrected chi connectivity index (χ1v) is 7.66. The first kappa shape index (κ1) is 15.0. The van der Waals surface area contributed by atoms with Crippen molar-refractivity contribution < 1.29 is 14.1 Å². The number of fused-ring (bicyclic) bond motifs is 1. The summed E-state index contributed by atoms with van der Waals surface area (Å²) in [7, 11) is 0. The molecule has 2 rings (SSSR count). The van der Waals surface area contributed by atoms with Crippen molar-refractivity contribution in [2.24, 2.45) is 5.41 Å². The lowest BCUT2D eigenvalue weighted by molar-refractivity contribution is -0.470. The van der Waals surface area contributed by atoms with Gasteiger partial charge in [0.1, 0.15) is 6.54 Å². The predicted octanol–water partition coefficient (Wildman–Crippen LogP) is 3.45. The number of allylic oxidation sites excluding steroid dienone is 3. The van der Waals surface area contributed by atoms with Crippen LogP contribution in [0.3, 0.4) is 0 Å². The van der Waals surface area contributed by atoms with Crippen LogP contribution in [0.4, 0.5) is 0 Å². The Morgan fingerprint density at radius 1 is 1.35 bits per heavy atom. The fraction of sp³-hybridized carbons (Fsp3) is 0.647. The van der Waals surface area contributed by atoms with Gasteiger partial charge in [0.2, 0.25) is 5.70 Å². The van der Waals surface area contributed by atoms with Crippen molar-refractivity contribution in [1.29, 1.82) is 0 Å². The van der Waals surface area contributed by atoms with Gasteiger partial charge in [-0.05, 0) is 39.7 Å². The third kappa shape index (κ3) is 2.72. The standard InChI is InChI=1S/C17H26NO2/c1-5-20-16(19)11-8-12-18-13(2)17(3,4)14-9-6-7-10-15(14)18/h9-10H,5-8,11-12H2,1-4H3/q+1. The molecule has 20 heavy (non-hydrogen) atoms. The smallest absolute Gasteiger partial charge is 0.306 e. The van der Waals surface area contributed by atoms with Crippen molar-refractivity contribution in [1.82, 2.24) is 0 Å². The molecule has 0 N–H and O–H groups in total. The summed E-state index contributed by atoms with van der Waals surface area (Å²) < 4.78 is 7.38. The second kappa shape index (κ2) is 5.94. The van der Waals surface area contributed by atoms with Crippen LogP contribution in [0.15, 0.2) is 23.4 Å². The lowest BCUT2D eigenvalue weighted by atomic mass is 9.79. The quantitative estimate of drug-likeness (QED) is 0.568. The molecular weight excluding hydrogens is 250 g/mol. The zero-order valence-corrected chi connectivity index (χ0v) is 13.2. The van der Waals surface area contributed by atoms with Crippen molar-refractivity contribution in [2.75, 3.05) is 13.2 Å². The maximum absolute atomic E-state index is 11.4. The molecule has 1 aliphatic carbocycles. The monoisotopic (exact) mass is 276 g/mol. The predicted molar refractivity (Wildman–Crippen MR) is 80.9 cm³/mol. The number of carbonyl (C=O) groups is 1. The molecule has 0 saturated heterocycles. The summed E-state index contributed by atoms with van der Waals surface area (Å²) in [6.45, 7) is 10.0. The Morgan fingerprint density at radius 3 is 2.75 bits per heavy atom. The third-order valence-electron chi connectivity index (χ3n) is 4.47. The lowest BCUT2D eigenvalue weighted by Gasteiger charge is -2.17. The van der Waals surface area contributed by atoms with Gasteiger partial charge in [-0.1, -0.05) is 6.08 Å². The minimum atomic E-state index is -0.0861. The van der Waals surface area contributed by atoms with Gasteiger partial charge in [0.15, 0.2) is 5.71 Å². The minimum Gasteiger partial charge on any atom is -0.466 e. The van der Waals surface area contributed by atoms with Crippen LogP contribution in [0, 0.1) is 5.41 Å². The molecule has 3 nitrogen and oxygen atoms in total. The molecule has 0 aromatic carbocycles. The van der Waals surface area contributed by atoms with E-state index in [0.29, 0.717) is 13.0 Å². The Hall–Kier alpha value is -1.38. The SMILES string of the molecule is CCOC(=O)CCC[N+]1=C(C)C(C)(C)C2=CCCC=C21. The molecule has 110 valence electrons. The van der Waals surface area contributed by atoms with E-state index in [2.05, 4.69) is 37.5 Å². The summed E-state index contributed by atoms with van der Waals surface area (Å²) in [5, 5.41) is 0. The fourth-order valence-electron chi connectivity index (χ4n) is 3.11. The average molecular weight is 276 g/mol. The van der Waals surface area contributed by atoms with Crippen LogP contribution in [-0.4, -0.2) is 29.4 Å². The van der Waals surface area contributed by atoms with E-state index in [1.807, 2.05) is 6.92 Å². The Morgan fingerprint density at radius 2 is 2.05 bits per heavy atom. The van der Waals surface area contributed by atoms with E-state index in [-0.39, 0.29) is 11.4 Å². The highest BCUT2D eigenvalue weighted by molar-refractivity contribution is 5.90. The van der Waals surface area contributed by atoms with Crippen molar-refractivity contribution in [3.8, 4) is 0 Å². The minimum absolute atomic E-state index is 0.0861. The van der Waals surface area contributed by atoms with Crippen molar-refractivity contribution in [3.05, 3.63) is 23.4 Å². The number of ether oxygens (including phenoxy) is 1. The molecule has 0 unspecified atom stereocenters. The van der Waals surface area contributed by atoms with Crippen LogP contribution < -0.4 is 0 Å². The molecule has 0 fully saturated rings. The number of hydrogen-bond acceptors (Lipinski definition) is 2. The van der Waals surface area contributed by atoms with Crippen LogP contribution in [0.5, 0.6) is 0 Å². The third-order valence-corrected chi connectivity index (χ3v) is 4.47. The van der Waals surface area contributed by atoms with E-state index in [4.69, 9.17) is 4.74 Å². The topological polar surface area (TPSA) is 29.3 Å². The Bertz CT molecular complexity index is 495. The molecule has 0 aromatic heterocycles. The van der Waals surface area contributed by atoms with Crippen LogP contribution in [0.2, 0.25) is 0 Å². The summed E-state index contributed by atoms with van der Waals surface area (Å²) in [6, 6.07) is 0. The zero-order valence-electron chi connectivity index (χ0n) is 13.2. The highest BCUT2D eigenvalue weighted by Crippen LogP contribution is 2.42. The van der Waals surface area contributed by atoms with E-state index < -0.39 is 0 Å². The molecule has 2 aliphatic rings. The largest absolute Gasteiger partial charge is 0.466 e. The molecule has 0 radical (unpaired) electrons. The first-order chi connectivity index (χ1) is 9.48. The number of carbonyl (C=O) groups excluding carboxylic acids is 1. The summed E-state index contributed by atoms with van der Waals surface area (Å²) in [5.41, 5.74) is 4.33. The molecule has 0 saturated carbocycles. The van der Waals surface area contributed by atoms with Gasteiger partial charge in [-0.25, -0.2) is 0 Å². The Kier molecular flexibility index (Phi) is 4.46. The molecular formula is C17H26NO2+. The molecule has 3 heteroatoms. The number of esters is 1. The van der Waals surface area contributed by atoms with E-state index >= 15 is 0 Å². The van der Waals surface area contributed by atoms with E-state index in [9.17, 15) is 4.79 Å². The van der Waals surface area contributed by atoms with Crippen LogP contribution >= 0.6 is 0 Å². The molecule has 0 bridgehead atoms. The van der Waals surface area contributed by atoms with E-state index in [1.165, 1.54) is 17.0 Å². The van der Waals surface area contributed by atoms with Crippen molar-refractivity contribution >= 4 is 11.7 Å². The van der Waals surface area contributed by atoms with Gasteiger partial charge in [-0.2, -0.15) is 4.58 Å². The van der Waals surface area contributed by atoms with Crippen LogP contribution in [-0.2, 0) is 9.53 Å². The molecule has 1 heterocycles. The van der Waals surface area contributed by atoms with Gasteiger partial charge in [0, 0.05) is 18.9 Å². The fourth-order valence-corrected chi connectivity index (χ4v) is 3.11. The van der Waals surface area contributed by atoms with Crippen LogP contribution in [0.25, 0.3) is 0 Å². The summed E-state index contributed by atoms with van der Waals surface area (Å²) >= 11 is 0. The molecule has 0 amide bonds. The maximum Gasteiger partial charge on any atom is 0.306 e. The molecule has 0 atom stereocenters. The van der Waals surface area contributed by atoms with Gasteiger partial charge in [-0.15, -0.1) is 0 Å². The van der Waals surface area contributed by atoms with E-state index in [0.717, 1.165) is 25.8 Å². The lowest BCUT2D eigenvalue weighted by Crippen LogP contribution is -2.23. The maximum atomic E-state index is 11.4. The zero-order chi connectivity index (χ0) is 14.8. The van der Waals surface area contributed by atoms with Gasteiger partial charge in [0.05, 0.1) is 18.4 Å². The van der Waals surface area contributed by atoms with E-state index in [1.54, 1.807) is 0 Å². The highest BCUT2D eigenvalue weighted by Gasteiger charge is 2.45. The number of hydrogen-bond donors (Lipinski definition) is 0. The summed E-state index contributed by atoms with van der Waals surface area (Å²) in [5.74, 6) is -0.0861. The van der Waals surface area contributed by atoms with Crippen molar-refractivity contribution in [3.63, 3.8) is 0 Å². The summed E-state index contributed by atoms with van der Waals surface area (Å²) in [4.78, 5) is 11.4. The first-order valence-electron chi connectivity index (χ1n) is 7.66. The second-order valence-electron chi connectivity index (χ2n) is 6.06. The number of nitrogens with zero attached hydrogens (tertiary/aromatic N) is 1. The number of rotatable bonds is 5. The molecule has 0 spiro atoms. The highest BCUT2D eigenvalue weighted by atomic mass is 16.5. The Labute approximate surface area is 122 Å². The van der Waals surface area contributed by atoms with Gasteiger partial charge >= 0.3 is 5.97 Å². The Balaban J connectivity index is 2.07. The normalized spacial score (nSPS) is 20.4. The summed E-state index contributed by atoms with van der Waals surface area (Å²) in [6.07, 6.45) is 8.34. The van der Waals surface area contributed by atoms with Gasteiger partial charge < -0.3 is 4.74 Å². The average Bonchev–Trinajstić information content (AvgIpc) is 2.61. The molecule has 0 aromatic rings. The van der Waals surface area contributed by atoms with Crippen LogP contribution in [0.1, 0.15) is 53.4 Å². The molecule has 1 aliphatic heterocycles. The van der Waals surface area contributed by atoms with Gasteiger partial charge in [0.25, 0.3) is 0 Å². The second-order valence-corrected chi connectivity index (χ2v) is 6.06. The van der Waals surface area contributed by atoms with Crippen molar-refractivity contribution in [2.45, 2.75) is 53.4 Å².